The van der Waals surface area contributed by atoms with E-state index < -0.39 is 0 Å². The van der Waals surface area contributed by atoms with E-state index in [4.69, 9.17) is 0 Å². The fourth-order valence-electron chi connectivity index (χ4n) is 2.97. The van der Waals surface area contributed by atoms with Crippen molar-refractivity contribution in [1.29, 1.82) is 0 Å². The SMILES string of the molecule is Oc1ccc(I)cc1C=NNc1nc(Nc2ccccc2)nc(N2CCCC2)n1. The number of phenols is 1. The molecule has 148 valence electrons. The third-order valence-corrected chi connectivity index (χ3v) is 5.07. The number of benzene rings is 2. The van der Waals surface area contributed by atoms with Crippen LogP contribution in [-0.4, -0.2) is 39.4 Å². The minimum Gasteiger partial charge on any atom is -0.507 e. The number of phenolic OH excluding ortho intramolecular Hbond substituents is 1. The molecule has 0 amide bonds. The fourth-order valence-corrected chi connectivity index (χ4v) is 3.48. The highest BCUT2D eigenvalue weighted by atomic mass is 127. The highest BCUT2D eigenvalue weighted by Crippen LogP contribution is 2.21. The Morgan fingerprint density at radius 1 is 1.00 bits per heavy atom. The number of aromatic hydroxyl groups is 1. The van der Waals surface area contributed by atoms with Crippen LogP contribution in [0.5, 0.6) is 5.75 Å². The van der Waals surface area contributed by atoms with Gasteiger partial charge in [0, 0.05) is 27.9 Å². The zero-order valence-corrected chi connectivity index (χ0v) is 17.7. The maximum atomic E-state index is 9.95. The summed E-state index contributed by atoms with van der Waals surface area (Å²) >= 11 is 2.19. The second-order valence-electron chi connectivity index (χ2n) is 6.54. The third kappa shape index (κ3) is 5.11. The summed E-state index contributed by atoms with van der Waals surface area (Å²) in [5.41, 5.74) is 4.36. The van der Waals surface area contributed by atoms with Crippen LogP contribution >= 0.6 is 22.6 Å². The molecule has 0 aliphatic carbocycles. The number of nitrogens with one attached hydrogen (secondary N) is 2. The molecule has 0 radical (unpaired) electrons. The largest absolute Gasteiger partial charge is 0.507 e. The van der Waals surface area contributed by atoms with Crippen LogP contribution in [-0.2, 0) is 0 Å². The monoisotopic (exact) mass is 501 g/mol. The summed E-state index contributed by atoms with van der Waals surface area (Å²) in [4.78, 5) is 15.6. The van der Waals surface area contributed by atoms with E-state index in [0.717, 1.165) is 35.2 Å². The average molecular weight is 501 g/mol. The number of hydrogen-bond donors (Lipinski definition) is 3. The van der Waals surface area contributed by atoms with E-state index >= 15 is 0 Å². The standard InChI is InChI=1S/C20H20IN7O/c21-15-8-9-17(29)14(12-15)13-22-27-19-24-18(23-16-6-2-1-3-7-16)25-20(26-19)28-10-4-5-11-28/h1-3,6-9,12-13,29H,4-5,10-11H2,(H2,23,24,25,26,27). The van der Waals surface area contributed by atoms with Crippen LogP contribution in [0.4, 0.5) is 23.5 Å². The molecule has 0 atom stereocenters. The zero-order chi connectivity index (χ0) is 20.1. The molecule has 2 heterocycles. The molecule has 1 fully saturated rings. The molecule has 3 aromatic rings. The molecule has 0 saturated carbocycles. The second kappa shape index (κ2) is 9.03. The van der Waals surface area contributed by atoms with E-state index in [9.17, 15) is 5.11 Å². The molecular formula is C20H20IN7O. The van der Waals surface area contributed by atoms with Crippen LogP contribution in [0.25, 0.3) is 0 Å². The molecule has 4 rings (SSSR count). The number of halogens is 1. The van der Waals surface area contributed by atoms with Crippen molar-refractivity contribution in [3.05, 3.63) is 57.7 Å². The zero-order valence-electron chi connectivity index (χ0n) is 15.6. The van der Waals surface area contributed by atoms with Crippen LogP contribution in [0.2, 0.25) is 0 Å². The van der Waals surface area contributed by atoms with Gasteiger partial charge in [-0.2, -0.15) is 20.1 Å². The van der Waals surface area contributed by atoms with Crippen molar-refractivity contribution >= 4 is 52.3 Å². The second-order valence-corrected chi connectivity index (χ2v) is 7.79. The summed E-state index contributed by atoms with van der Waals surface area (Å²) < 4.78 is 1.01. The van der Waals surface area contributed by atoms with E-state index in [0.29, 0.717) is 23.4 Å². The molecule has 9 heteroatoms. The molecule has 29 heavy (non-hydrogen) atoms. The van der Waals surface area contributed by atoms with Gasteiger partial charge in [-0.25, -0.2) is 5.43 Å². The van der Waals surface area contributed by atoms with Gasteiger partial charge in [0.15, 0.2) is 0 Å². The lowest BCUT2D eigenvalue weighted by molar-refractivity contribution is 0.474. The molecule has 1 saturated heterocycles. The van der Waals surface area contributed by atoms with E-state index in [2.05, 4.69) is 58.3 Å². The van der Waals surface area contributed by atoms with E-state index in [1.54, 1.807) is 12.3 Å². The topological polar surface area (TPSA) is 98.6 Å². The minimum atomic E-state index is 0.163. The van der Waals surface area contributed by atoms with Crippen molar-refractivity contribution in [3.63, 3.8) is 0 Å². The average Bonchev–Trinajstić information content (AvgIpc) is 3.26. The Hall–Kier alpha value is -2.95. The molecule has 3 N–H and O–H groups in total. The molecule has 1 aliphatic rings. The summed E-state index contributed by atoms with van der Waals surface area (Å²) in [6, 6.07) is 15.1. The van der Waals surface area contributed by atoms with Gasteiger partial charge in [0.2, 0.25) is 17.8 Å². The molecule has 0 bridgehead atoms. The highest BCUT2D eigenvalue weighted by Gasteiger charge is 2.17. The first kappa shape index (κ1) is 19.4. The molecule has 0 unspecified atom stereocenters. The quantitative estimate of drug-likeness (QED) is 0.267. The van der Waals surface area contributed by atoms with Crippen molar-refractivity contribution in [2.45, 2.75) is 12.8 Å². The van der Waals surface area contributed by atoms with Gasteiger partial charge in [0.1, 0.15) is 5.75 Å². The van der Waals surface area contributed by atoms with Crippen molar-refractivity contribution in [1.82, 2.24) is 15.0 Å². The molecular weight excluding hydrogens is 481 g/mol. The Morgan fingerprint density at radius 2 is 1.76 bits per heavy atom. The van der Waals surface area contributed by atoms with Gasteiger partial charge < -0.3 is 15.3 Å². The minimum absolute atomic E-state index is 0.163. The summed E-state index contributed by atoms with van der Waals surface area (Å²) in [6.07, 6.45) is 3.79. The van der Waals surface area contributed by atoms with Gasteiger partial charge >= 0.3 is 0 Å². The Labute approximate surface area is 182 Å². The Bertz CT molecular complexity index is 1010. The van der Waals surface area contributed by atoms with E-state index in [-0.39, 0.29) is 5.75 Å². The first-order valence-electron chi connectivity index (χ1n) is 9.28. The molecule has 1 aliphatic heterocycles. The first-order chi connectivity index (χ1) is 14.2. The fraction of sp³-hybridized carbons (Fsp3) is 0.200. The maximum absolute atomic E-state index is 9.95. The smallest absolute Gasteiger partial charge is 0.250 e. The van der Waals surface area contributed by atoms with Crippen molar-refractivity contribution in [3.8, 4) is 5.75 Å². The number of rotatable bonds is 6. The van der Waals surface area contributed by atoms with Crippen LogP contribution in [0, 0.1) is 3.57 Å². The van der Waals surface area contributed by atoms with Crippen LogP contribution in [0.15, 0.2) is 53.6 Å². The van der Waals surface area contributed by atoms with Gasteiger partial charge in [0.05, 0.1) is 6.21 Å². The summed E-state index contributed by atoms with van der Waals surface area (Å²) in [5, 5.41) is 17.4. The molecule has 2 aromatic carbocycles. The van der Waals surface area contributed by atoms with Gasteiger partial charge in [-0.1, -0.05) is 18.2 Å². The number of nitrogens with zero attached hydrogens (tertiary/aromatic N) is 5. The van der Waals surface area contributed by atoms with Gasteiger partial charge in [-0.15, -0.1) is 0 Å². The van der Waals surface area contributed by atoms with Crippen LogP contribution in [0.3, 0.4) is 0 Å². The first-order valence-corrected chi connectivity index (χ1v) is 10.4. The summed E-state index contributed by atoms with van der Waals surface area (Å²) in [5.74, 6) is 1.56. The third-order valence-electron chi connectivity index (χ3n) is 4.40. The molecule has 8 nitrogen and oxygen atoms in total. The number of aromatic nitrogens is 3. The van der Waals surface area contributed by atoms with Gasteiger partial charge in [-0.05, 0) is 65.8 Å². The number of para-hydroxylation sites is 1. The van der Waals surface area contributed by atoms with Crippen molar-refractivity contribution in [2.24, 2.45) is 5.10 Å². The van der Waals surface area contributed by atoms with Crippen LogP contribution in [0.1, 0.15) is 18.4 Å². The summed E-state index contributed by atoms with van der Waals surface area (Å²) in [6.45, 7) is 1.85. The number of anilines is 4. The normalized spacial score (nSPS) is 13.8. The lowest BCUT2D eigenvalue weighted by Crippen LogP contribution is -2.21. The number of hydrogen-bond acceptors (Lipinski definition) is 8. The summed E-state index contributed by atoms with van der Waals surface area (Å²) in [7, 11) is 0. The maximum Gasteiger partial charge on any atom is 0.250 e. The highest BCUT2D eigenvalue weighted by molar-refractivity contribution is 14.1. The lowest BCUT2D eigenvalue weighted by atomic mass is 10.2. The predicted molar refractivity (Wildman–Crippen MR) is 123 cm³/mol. The Morgan fingerprint density at radius 3 is 2.55 bits per heavy atom. The Kier molecular flexibility index (Phi) is 6.03. The predicted octanol–water partition coefficient (Wildman–Crippen LogP) is 3.97. The lowest BCUT2D eigenvalue weighted by Gasteiger charge is -2.16. The van der Waals surface area contributed by atoms with Crippen LogP contribution < -0.4 is 15.6 Å². The van der Waals surface area contributed by atoms with E-state index in [1.807, 2.05) is 42.5 Å². The van der Waals surface area contributed by atoms with Gasteiger partial charge in [0.25, 0.3) is 0 Å². The Balaban J connectivity index is 1.57. The van der Waals surface area contributed by atoms with E-state index in [1.165, 1.54) is 0 Å². The molecule has 1 aromatic heterocycles. The van der Waals surface area contributed by atoms with Gasteiger partial charge in [-0.3, -0.25) is 0 Å². The number of hydrazone groups is 1. The van der Waals surface area contributed by atoms with Crippen molar-refractivity contribution in [2.75, 3.05) is 28.7 Å². The van der Waals surface area contributed by atoms with Crippen molar-refractivity contribution < 1.29 is 5.11 Å². The molecule has 0 spiro atoms.